The molecule has 18 heteroatoms. The van der Waals surface area contributed by atoms with Crippen molar-refractivity contribution >= 4 is 229 Å². The van der Waals surface area contributed by atoms with Gasteiger partial charge in [0.2, 0.25) is 0 Å². The molecule has 7 rings (SSSR count). The van der Waals surface area contributed by atoms with Gasteiger partial charge in [-0.05, 0) is 55.9 Å². The predicted octanol–water partition coefficient (Wildman–Crippen LogP) is -8.40. The van der Waals surface area contributed by atoms with Crippen LogP contribution in [0.1, 0.15) is 5.82 Å². The third kappa shape index (κ3) is 5.20. The first-order valence-corrected chi connectivity index (χ1v) is 15.6. The van der Waals surface area contributed by atoms with Gasteiger partial charge in [0.15, 0.2) is 0 Å². The molecule has 0 fully saturated rings. The van der Waals surface area contributed by atoms with Gasteiger partial charge < -0.3 is 0 Å². The van der Waals surface area contributed by atoms with Gasteiger partial charge in [-0.1, -0.05) is 74.3 Å². The molecule has 1 aromatic heterocycles. The molecule has 0 saturated heterocycles. The quantitative estimate of drug-likeness (QED) is 0.142. The molecular formula is C34H8B16N2. The van der Waals surface area contributed by atoms with Crippen LogP contribution < -0.4 is 71.0 Å². The van der Waals surface area contributed by atoms with Crippen LogP contribution in [0.2, 0.25) is 0 Å². The van der Waals surface area contributed by atoms with Crippen LogP contribution in [0.3, 0.4) is 0 Å². The third-order valence-electron chi connectivity index (χ3n) is 9.63. The van der Waals surface area contributed by atoms with Gasteiger partial charge >= 0.3 is 0 Å². The largest absolute Gasteiger partial charge is 0.296 e. The standard InChI is InChI=1S/C34H8B16N2/c35-19-14(20(36)26(42)31(47)25(19)41)10-7-5-9(6-8-10)13-15-17(23(39)29(45)27(43)21(15)37)32(18-16(13)22(38)28(44)30(46)24(18)40)52-12-4-2-1-3-11(12)51-33(52)34(48,49)50/h1-8H. The van der Waals surface area contributed by atoms with Crippen LogP contribution in [-0.2, 0) is 5.11 Å². The van der Waals surface area contributed by atoms with E-state index in [4.69, 9.17) is 131 Å². The molecule has 0 saturated carbocycles. The first-order chi connectivity index (χ1) is 24.4. The first-order valence-electron chi connectivity index (χ1n) is 15.6. The van der Waals surface area contributed by atoms with E-state index in [1.165, 1.54) is 0 Å². The van der Waals surface area contributed by atoms with Gasteiger partial charge in [-0.3, -0.25) is 4.57 Å². The predicted molar refractivity (Wildman–Crippen MR) is 236 cm³/mol. The Kier molecular flexibility index (Phi) is 8.99. The Morgan fingerprint density at radius 3 is 1.21 bits per heavy atom. The van der Waals surface area contributed by atoms with E-state index < -0.39 is 5.11 Å². The SMILES string of the molecule is [B]c1c([B])c([B])c(-c2ccc(-c3c4c([B])c([B])c([B])c([B])c4c(-n4c(C([B])([B])[B])nc5ccccc54)c4c([B])c([B])c([B])c([B])c34)cc2)c([B])c1[B]. The van der Waals surface area contributed by atoms with Crippen molar-refractivity contribution in [1.29, 1.82) is 0 Å². The van der Waals surface area contributed by atoms with E-state index in [2.05, 4.69) is 0 Å². The number of hydrogen-bond acceptors (Lipinski definition) is 1. The van der Waals surface area contributed by atoms with E-state index in [1.54, 1.807) is 53.1 Å². The number of aromatic nitrogens is 2. The van der Waals surface area contributed by atoms with Gasteiger partial charge in [0, 0.05) is 0 Å². The summed E-state index contributed by atoms with van der Waals surface area (Å²) in [6, 6.07) is 14.2. The Bertz CT molecular complexity index is 2590. The molecule has 7 aromatic rings. The van der Waals surface area contributed by atoms with E-state index in [0.717, 1.165) is 0 Å². The van der Waals surface area contributed by atoms with Gasteiger partial charge in [-0.15, -0.1) is 38.2 Å². The van der Waals surface area contributed by atoms with Crippen LogP contribution in [0.15, 0.2) is 48.5 Å². The second-order valence-corrected chi connectivity index (χ2v) is 12.7. The molecule has 0 spiro atoms. The van der Waals surface area contributed by atoms with Crippen molar-refractivity contribution in [3.8, 4) is 27.9 Å². The van der Waals surface area contributed by atoms with Crippen molar-refractivity contribution in [2.45, 2.75) is 5.11 Å². The van der Waals surface area contributed by atoms with Crippen LogP contribution >= 0.6 is 0 Å². The molecular weight excluding hydrogens is 609 g/mol. The molecule has 52 heavy (non-hydrogen) atoms. The Morgan fingerprint density at radius 1 is 0.404 bits per heavy atom. The smallest absolute Gasteiger partial charge is 0.113 e. The maximum atomic E-state index is 6.89. The Hall–Kier alpha value is -3.65. The maximum Gasteiger partial charge on any atom is 0.113 e. The first kappa shape index (κ1) is 36.7. The molecule has 0 aliphatic heterocycles. The highest BCUT2D eigenvalue weighted by molar-refractivity contribution is 6.72. The highest BCUT2D eigenvalue weighted by Gasteiger charge is 2.29. The number of rotatable bonds is 4. The zero-order valence-corrected chi connectivity index (χ0v) is 27.8. The molecule has 202 valence electrons. The lowest BCUT2D eigenvalue weighted by Gasteiger charge is -2.31. The van der Waals surface area contributed by atoms with E-state index in [9.17, 15) is 0 Å². The number of nitrogens with zero attached hydrogens (tertiary/aromatic N) is 2. The molecule has 0 aliphatic carbocycles. The Labute approximate surface area is 324 Å². The molecule has 2 nitrogen and oxygen atoms in total. The molecule has 32 radical (unpaired) electrons. The van der Waals surface area contributed by atoms with E-state index >= 15 is 0 Å². The molecule has 6 aromatic carbocycles. The fourth-order valence-corrected chi connectivity index (χ4v) is 6.94. The monoisotopic (exact) mass is 620 g/mol. The lowest BCUT2D eigenvalue weighted by Crippen LogP contribution is -2.55. The summed E-state index contributed by atoms with van der Waals surface area (Å²) in [5.74, 6) is 0.0346. The lowest BCUT2D eigenvalue weighted by atomic mass is 9.42. The fourth-order valence-electron chi connectivity index (χ4n) is 6.94. The summed E-state index contributed by atoms with van der Waals surface area (Å²) >= 11 is 0. The summed E-state index contributed by atoms with van der Waals surface area (Å²) in [6.07, 6.45) is 0. The second-order valence-electron chi connectivity index (χ2n) is 12.7. The topological polar surface area (TPSA) is 17.8 Å². The van der Waals surface area contributed by atoms with Gasteiger partial charge in [0.1, 0.15) is 102 Å². The van der Waals surface area contributed by atoms with Crippen molar-refractivity contribution < 1.29 is 0 Å². The number of fused-ring (bicyclic) bond motifs is 3. The summed E-state index contributed by atoms with van der Waals surface area (Å²) in [5, 5.41) is -0.700. The summed E-state index contributed by atoms with van der Waals surface area (Å²) in [5.41, 5.74) is 4.25. The highest BCUT2D eigenvalue weighted by Crippen LogP contribution is 2.40. The van der Waals surface area contributed by atoms with Crippen molar-refractivity contribution in [3.63, 3.8) is 0 Å². The van der Waals surface area contributed by atoms with E-state index in [0.29, 0.717) is 54.8 Å². The molecule has 0 N–H and O–H groups in total. The van der Waals surface area contributed by atoms with Gasteiger partial charge in [0.05, 0.1) is 46.1 Å². The third-order valence-corrected chi connectivity index (χ3v) is 9.63. The molecule has 1 heterocycles. The van der Waals surface area contributed by atoms with Crippen molar-refractivity contribution in [1.82, 2.24) is 9.55 Å². The van der Waals surface area contributed by atoms with Crippen molar-refractivity contribution in [2.75, 3.05) is 0 Å². The fraction of sp³-hybridized carbons (Fsp3) is 0.0294. The van der Waals surface area contributed by atoms with E-state index in [1.807, 2.05) is 0 Å². The number of hydrogen-bond donors (Lipinski definition) is 0. The lowest BCUT2D eigenvalue weighted by molar-refractivity contribution is 0.940. The molecule has 0 amide bonds. The minimum absolute atomic E-state index is 0.0109. The van der Waals surface area contributed by atoms with Crippen LogP contribution in [0.4, 0.5) is 0 Å². The van der Waals surface area contributed by atoms with Crippen molar-refractivity contribution in [3.05, 3.63) is 54.4 Å². The molecule has 0 aliphatic rings. The summed E-state index contributed by atoms with van der Waals surface area (Å²) in [6.45, 7) is 0. The minimum atomic E-state index is -1.98. The van der Waals surface area contributed by atoms with Gasteiger partial charge in [-0.25, -0.2) is 4.98 Å². The highest BCUT2D eigenvalue weighted by atomic mass is 15.1. The summed E-state index contributed by atoms with van der Waals surface area (Å²) in [7, 11) is 104. The normalized spacial score (nSPS) is 11.9. The number of imidazole rings is 1. The van der Waals surface area contributed by atoms with Crippen LogP contribution in [0.25, 0.3) is 60.5 Å². The number of para-hydroxylation sites is 2. The van der Waals surface area contributed by atoms with Crippen LogP contribution in [0.5, 0.6) is 0 Å². The zero-order valence-electron chi connectivity index (χ0n) is 27.8. The zero-order chi connectivity index (χ0) is 37.9. The second kappa shape index (κ2) is 12.7. The average Bonchev–Trinajstić information content (AvgIpc) is 3.52. The Morgan fingerprint density at radius 2 is 0.769 bits per heavy atom. The molecule has 0 unspecified atom stereocenters. The summed E-state index contributed by atoms with van der Waals surface area (Å²) < 4.78 is 1.63. The van der Waals surface area contributed by atoms with E-state index in [-0.39, 0.29) is 82.5 Å². The van der Waals surface area contributed by atoms with Crippen LogP contribution in [-0.4, -0.2) is 135 Å². The van der Waals surface area contributed by atoms with Gasteiger partial charge in [-0.2, -0.15) is 0 Å². The van der Waals surface area contributed by atoms with Crippen molar-refractivity contribution in [2.24, 2.45) is 0 Å². The maximum absolute atomic E-state index is 6.89. The summed E-state index contributed by atoms with van der Waals surface area (Å²) in [4.78, 5) is 4.69. The number of benzene rings is 6. The minimum Gasteiger partial charge on any atom is -0.296 e. The molecule has 0 atom stereocenters. The van der Waals surface area contributed by atoms with Gasteiger partial charge in [0.25, 0.3) is 0 Å². The average molecular weight is 617 g/mol. The Balaban J connectivity index is 1.73. The molecule has 0 bridgehead atoms. The van der Waals surface area contributed by atoms with Crippen LogP contribution in [0, 0.1) is 0 Å².